The normalized spacial score (nSPS) is 13.6. The highest BCUT2D eigenvalue weighted by Gasteiger charge is 2.22. The van der Waals surface area contributed by atoms with Crippen LogP contribution in [-0.2, 0) is 11.3 Å². The van der Waals surface area contributed by atoms with E-state index in [-0.39, 0.29) is 52.6 Å². The van der Waals surface area contributed by atoms with Crippen LogP contribution in [0.2, 0.25) is 0 Å². The van der Waals surface area contributed by atoms with E-state index in [1.165, 1.54) is 36.7 Å². The van der Waals surface area contributed by atoms with Gasteiger partial charge in [-0.15, -0.1) is 0 Å². The molecule has 0 bridgehead atoms. The van der Waals surface area contributed by atoms with Gasteiger partial charge in [0.1, 0.15) is 53.5 Å². The van der Waals surface area contributed by atoms with Gasteiger partial charge in [0, 0.05) is 66.5 Å². The van der Waals surface area contributed by atoms with Gasteiger partial charge in [0.05, 0.1) is 11.3 Å². The number of nitrogens with two attached hydrogens (primary N) is 1. The fourth-order valence-corrected chi connectivity index (χ4v) is 4.25. The Morgan fingerprint density at radius 3 is 2.58 bits per heavy atom. The number of hydrogen-bond acceptors (Lipinski definition) is 9. The minimum absolute atomic E-state index is 0.0150. The Morgan fingerprint density at radius 1 is 1.02 bits per heavy atom. The molecule has 0 atom stereocenters. The van der Waals surface area contributed by atoms with Crippen LogP contribution in [0.25, 0.3) is 0 Å². The molecule has 3 heterocycles. The summed E-state index contributed by atoms with van der Waals surface area (Å²) < 4.78 is 46.3. The molecule has 4 aromatic rings. The van der Waals surface area contributed by atoms with E-state index in [0.717, 1.165) is 30.2 Å². The molecule has 1 saturated heterocycles. The maximum Gasteiger partial charge on any atom is 0.141 e. The molecule has 4 N–H and O–H groups in total. The van der Waals surface area contributed by atoms with Crippen LogP contribution in [0.5, 0.6) is 17.2 Å². The highest BCUT2D eigenvalue weighted by atomic mass is 19.1. The molecule has 40 heavy (non-hydrogen) atoms. The molecule has 0 aliphatic carbocycles. The first-order chi connectivity index (χ1) is 19.4. The molecular weight excluding hydrogens is 518 g/mol. The van der Waals surface area contributed by atoms with Crippen molar-refractivity contribution >= 4 is 17.3 Å². The fraction of sp³-hybridized carbons (Fsp3) is 0.241. The topological polar surface area (TPSA) is 128 Å². The summed E-state index contributed by atoms with van der Waals surface area (Å²) >= 11 is 0. The van der Waals surface area contributed by atoms with Gasteiger partial charge < -0.3 is 25.3 Å². The third-order valence-electron chi connectivity index (χ3n) is 6.36. The van der Waals surface area contributed by atoms with Gasteiger partial charge >= 0.3 is 0 Å². The summed E-state index contributed by atoms with van der Waals surface area (Å²) in [6.07, 6.45) is 4.53. The van der Waals surface area contributed by atoms with Crippen LogP contribution in [0, 0.1) is 24.0 Å². The summed E-state index contributed by atoms with van der Waals surface area (Å²) in [5.74, 6) is -0.381. The minimum Gasteiger partial charge on any atom is -0.489 e. The Labute approximate surface area is 229 Å². The van der Waals surface area contributed by atoms with Gasteiger partial charge in [-0.3, -0.25) is 10.4 Å². The van der Waals surface area contributed by atoms with Crippen LogP contribution in [-0.4, -0.2) is 39.9 Å². The lowest BCUT2D eigenvalue weighted by molar-refractivity contribution is 0.0904. The van der Waals surface area contributed by atoms with Gasteiger partial charge in [-0.25, -0.2) is 18.7 Å². The standard InChI is InChI=1S/C29H28F2N6O3/c1-17-2-3-18(14-34-17)15-39-22-10-19(30)11-23(12-22)40-21-4-5-24(25(31)13-21)27(32)26-28(33)35-16-36-29(26)37-20-6-8-38-9-7-20/h2-5,10-14,16,20,32H,6-9,15H2,1H3,(H3,33,35,36,37). The van der Waals surface area contributed by atoms with Crippen LogP contribution in [0.1, 0.15) is 35.2 Å². The van der Waals surface area contributed by atoms with Crippen molar-refractivity contribution in [2.24, 2.45) is 0 Å². The van der Waals surface area contributed by atoms with Crippen molar-refractivity contribution < 1.29 is 23.0 Å². The highest BCUT2D eigenvalue weighted by molar-refractivity contribution is 6.16. The Hall–Kier alpha value is -4.64. The van der Waals surface area contributed by atoms with Crippen molar-refractivity contribution in [3.8, 4) is 17.2 Å². The number of ether oxygens (including phenoxy) is 3. The number of nitrogens with zero attached hydrogens (tertiary/aromatic N) is 3. The molecule has 1 fully saturated rings. The highest BCUT2D eigenvalue weighted by Crippen LogP contribution is 2.30. The van der Waals surface area contributed by atoms with Crippen LogP contribution >= 0.6 is 0 Å². The van der Waals surface area contributed by atoms with E-state index in [1.807, 2.05) is 19.1 Å². The molecule has 2 aromatic heterocycles. The van der Waals surface area contributed by atoms with Gasteiger partial charge in [-0.1, -0.05) is 6.07 Å². The van der Waals surface area contributed by atoms with E-state index in [2.05, 4.69) is 20.3 Å². The summed E-state index contributed by atoms with van der Waals surface area (Å²) in [5.41, 5.74) is 7.81. The third-order valence-corrected chi connectivity index (χ3v) is 6.36. The number of benzene rings is 2. The Bertz CT molecular complexity index is 1510. The lowest BCUT2D eigenvalue weighted by atomic mass is 10.0. The smallest absolute Gasteiger partial charge is 0.141 e. The minimum atomic E-state index is -0.720. The number of hydrogen-bond donors (Lipinski definition) is 3. The van der Waals surface area contributed by atoms with Gasteiger partial charge in [0.2, 0.25) is 0 Å². The average Bonchev–Trinajstić information content (AvgIpc) is 2.93. The molecule has 0 amide bonds. The number of aryl methyl sites for hydroxylation is 1. The number of anilines is 2. The van der Waals surface area contributed by atoms with Crippen LogP contribution in [0.3, 0.4) is 0 Å². The molecule has 0 unspecified atom stereocenters. The molecule has 1 aliphatic heterocycles. The van der Waals surface area contributed by atoms with Crippen molar-refractivity contribution in [1.82, 2.24) is 15.0 Å². The van der Waals surface area contributed by atoms with Crippen molar-refractivity contribution in [3.05, 3.63) is 95.1 Å². The number of pyridine rings is 1. The summed E-state index contributed by atoms with van der Waals surface area (Å²) in [6.45, 7) is 3.31. The lowest BCUT2D eigenvalue weighted by Crippen LogP contribution is -2.29. The van der Waals surface area contributed by atoms with E-state index >= 15 is 4.39 Å². The number of aromatic nitrogens is 3. The summed E-state index contributed by atoms with van der Waals surface area (Å²) in [4.78, 5) is 12.5. The molecule has 9 nitrogen and oxygen atoms in total. The van der Waals surface area contributed by atoms with Crippen molar-refractivity contribution in [1.29, 1.82) is 5.41 Å². The van der Waals surface area contributed by atoms with Crippen molar-refractivity contribution in [2.45, 2.75) is 32.4 Å². The van der Waals surface area contributed by atoms with E-state index in [1.54, 1.807) is 6.20 Å². The summed E-state index contributed by atoms with van der Waals surface area (Å²) in [7, 11) is 0. The lowest BCUT2D eigenvalue weighted by Gasteiger charge is -2.25. The quantitative estimate of drug-likeness (QED) is 0.238. The van der Waals surface area contributed by atoms with Crippen molar-refractivity contribution in [3.63, 3.8) is 0 Å². The molecular formula is C29H28F2N6O3. The van der Waals surface area contributed by atoms with Gasteiger partial charge in [0.25, 0.3) is 0 Å². The molecule has 206 valence electrons. The molecule has 5 rings (SSSR count). The van der Waals surface area contributed by atoms with Gasteiger partial charge in [-0.2, -0.15) is 0 Å². The first kappa shape index (κ1) is 26.9. The summed E-state index contributed by atoms with van der Waals surface area (Å²) in [6, 6.07) is 11.7. The SMILES string of the molecule is Cc1ccc(COc2cc(F)cc(Oc3ccc(C(=N)c4c(N)ncnc4NC4CCOCC4)c(F)c3)c2)cn1. The largest absolute Gasteiger partial charge is 0.489 e. The van der Waals surface area contributed by atoms with Crippen LogP contribution in [0.15, 0.2) is 61.1 Å². The molecule has 0 saturated carbocycles. The maximum atomic E-state index is 15.3. The second kappa shape index (κ2) is 12.0. The summed E-state index contributed by atoms with van der Waals surface area (Å²) in [5, 5.41) is 12.0. The van der Waals surface area contributed by atoms with E-state index in [4.69, 9.17) is 25.4 Å². The monoisotopic (exact) mass is 546 g/mol. The number of nitrogen functional groups attached to an aromatic ring is 1. The molecule has 0 radical (unpaired) electrons. The molecule has 11 heteroatoms. The average molecular weight is 547 g/mol. The Kier molecular flexibility index (Phi) is 8.11. The van der Waals surface area contributed by atoms with Crippen LogP contribution < -0.4 is 20.5 Å². The van der Waals surface area contributed by atoms with E-state index in [9.17, 15) is 4.39 Å². The van der Waals surface area contributed by atoms with Crippen LogP contribution in [0.4, 0.5) is 20.4 Å². The molecule has 0 spiro atoms. The molecule has 1 aliphatic rings. The number of halogens is 2. The third kappa shape index (κ3) is 6.49. The fourth-order valence-electron chi connectivity index (χ4n) is 4.25. The van der Waals surface area contributed by atoms with Crippen molar-refractivity contribution in [2.75, 3.05) is 24.3 Å². The predicted molar refractivity (Wildman–Crippen MR) is 146 cm³/mol. The second-order valence-corrected chi connectivity index (χ2v) is 9.35. The Balaban J connectivity index is 1.31. The number of rotatable bonds is 9. The second-order valence-electron chi connectivity index (χ2n) is 9.35. The van der Waals surface area contributed by atoms with Gasteiger partial charge in [-0.05, 0) is 38.0 Å². The zero-order valence-corrected chi connectivity index (χ0v) is 21.8. The number of nitrogens with one attached hydrogen (secondary N) is 2. The zero-order chi connectivity index (χ0) is 28.1. The Morgan fingerprint density at radius 2 is 1.82 bits per heavy atom. The zero-order valence-electron chi connectivity index (χ0n) is 21.8. The van der Waals surface area contributed by atoms with E-state index < -0.39 is 11.6 Å². The van der Waals surface area contributed by atoms with E-state index in [0.29, 0.717) is 19.0 Å². The van der Waals surface area contributed by atoms with Gasteiger partial charge in [0.15, 0.2) is 0 Å². The molecule has 2 aromatic carbocycles. The maximum absolute atomic E-state index is 15.3. The first-order valence-electron chi connectivity index (χ1n) is 12.7. The first-order valence-corrected chi connectivity index (χ1v) is 12.7. The predicted octanol–water partition coefficient (Wildman–Crippen LogP) is 5.42.